The Morgan fingerprint density at radius 2 is 2.10 bits per heavy atom. The Hall–Kier alpha value is -1.97. The Balaban J connectivity index is 2.09. The summed E-state index contributed by atoms with van der Waals surface area (Å²) in [4.78, 5) is 11.9. The molecule has 1 atom stereocenters. The second-order valence-corrected chi connectivity index (χ2v) is 5.75. The van der Waals surface area contributed by atoms with Crippen molar-refractivity contribution in [2.24, 2.45) is 5.92 Å². The van der Waals surface area contributed by atoms with Crippen molar-refractivity contribution in [1.82, 2.24) is 5.32 Å². The summed E-state index contributed by atoms with van der Waals surface area (Å²) < 4.78 is 11.1. The molecule has 4 nitrogen and oxygen atoms in total. The quantitative estimate of drug-likeness (QED) is 0.872. The maximum absolute atomic E-state index is 11.9. The molecule has 0 radical (unpaired) electrons. The number of carbonyl (C=O) groups excluding carboxylic acids is 1. The number of amides is 1. The molecule has 0 saturated carbocycles. The molecular formula is C17H23NO3. The molecule has 0 fully saturated rings. The molecule has 1 N–H and O–H groups in total. The van der Waals surface area contributed by atoms with Gasteiger partial charge in [-0.25, -0.2) is 0 Å². The molecule has 4 heteroatoms. The van der Waals surface area contributed by atoms with Crippen LogP contribution in [0.25, 0.3) is 11.0 Å². The third-order valence-corrected chi connectivity index (χ3v) is 3.50. The summed E-state index contributed by atoms with van der Waals surface area (Å²) in [5.74, 6) is 2.04. The molecule has 0 aliphatic carbocycles. The fourth-order valence-corrected chi connectivity index (χ4v) is 2.23. The molecular weight excluding hydrogens is 266 g/mol. The van der Waals surface area contributed by atoms with E-state index in [-0.39, 0.29) is 11.9 Å². The molecule has 0 aliphatic rings. The van der Waals surface area contributed by atoms with E-state index >= 15 is 0 Å². The van der Waals surface area contributed by atoms with Crippen LogP contribution in [0.2, 0.25) is 0 Å². The zero-order chi connectivity index (χ0) is 15.4. The third kappa shape index (κ3) is 3.78. The molecule has 21 heavy (non-hydrogen) atoms. The first-order valence-electron chi connectivity index (χ1n) is 7.37. The fraction of sp³-hybridized carbons (Fsp3) is 0.471. The monoisotopic (exact) mass is 289 g/mol. The number of rotatable bonds is 6. The average Bonchev–Trinajstić information content (AvgIpc) is 2.89. The minimum Gasteiger partial charge on any atom is -0.493 e. The lowest BCUT2D eigenvalue weighted by Crippen LogP contribution is -2.26. The van der Waals surface area contributed by atoms with Crippen LogP contribution in [0.5, 0.6) is 5.75 Å². The Bertz CT molecular complexity index is 616. The Labute approximate surface area is 125 Å². The van der Waals surface area contributed by atoms with Crippen LogP contribution in [0.1, 0.15) is 45.4 Å². The van der Waals surface area contributed by atoms with Crippen LogP contribution in [0.4, 0.5) is 0 Å². The van der Waals surface area contributed by atoms with E-state index in [1.165, 1.54) is 0 Å². The average molecular weight is 289 g/mol. The zero-order valence-electron chi connectivity index (χ0n) is 13.1. The number of fused-ring (bicyclic) bond motifs is 1. The minimum absolute atomic E-state index is 0.0589. The lowest BCUT2D eigenvalue weighted by molar-refractivity contribution is -0.122. The Kier molecular flexibility index (Phi) is 4.89. The molecule has 0 spiro atoms. The predicted molar refractivity (Wildman–Crippen MR) is 83.4 cm³/mol. The topological polar surface area (TPSA) is 51.5 Å². The largest absolute Gasteiger partial charge is 0.493 e. The van der Waals surface area contributed by atoms with E-state index in [4.69, 9.17) is 9.15 Å². The molecule has 1 aromatic heterocycles. The lowest BCUT2D eigenvalue weighted by Gasteiger charge is -2.12. The van der Waals surface area contributed by atoms with Gasteiger partial charge in [0.15, 0.2) is 11.3 Å². The number of hydrogen-bond acceptors (Lipinski definition) is 3. The first-order valence-corrected chi connectivity index (χ1v) is 7.37. The van der Waals surface area contributed by atoms with E-state index in [0.717, 1.165) is 23.2 Å². The number of carbonyl (C=O) groups is 1. The van der Waals surface area contributed by atoms with Gasteiger partial charge < -0.3 is 14.5 Å². The van der Waals surface area contributed by atoms with E-state index in [0.29, 0.717) is 18.1 Å². The first kappa shape index (κ1) is 15.4. The number of para-hydroxylation sites is 1. The van der Waals surface area contributed by atoms with Gasteiger partial charge in [-0.1, -0.05) is 26.0 Å². The summed E-state index contributed by atoms with van der Waals surface area (Å²) in [6, 6.07) is 7.55. The van der Waals surface area contributed by atoms with Crippen molar-refractivity contribution >= 4 is 16.9 Å². The van der Waals surface area contributed by atoms with Gasteiger partial charge in [-0.3, -0.25) is 4.79 Å². The van der Waals surface area contributed by atoms with Crippen LogP contribution in [0, 0.1) is 5.92 Å². The van der Waals surface area contributed by atoms with Crippen LogP contribution in [0.15, 0.2) is 28.7 Å². The maximum Gasteiger partial charge on any atom is 0.220 e. The van der Waals surface area contributed by atoms with Gasteiger partial charge in [-0.2, -0.15) is 0 Å². The van der Waals surface area contributed by atoms with E-state index < -0.39 is 0 Å². The zero-order valence-corrected chi connectivity index (χ0v) is 13.1. The minimum atomic E-state index is -0.151. The van der Waals surface area contributed by atoms with Gasteiger partial charge in [0, 0.05) is 11.8 Å². The molecule has 1 aromatic carbocycles. The molecule has 114 valence electrons. The van der Waals surface area contributed by atoms with Crippen molar-refractivity contribution in [2.45, 2.75) is 39.7 Å². The van der Waals surface area contributed by atoms with Gasteiger partial charge in [-0.15, -0.1) is 0 Å². The van der Waals surface area contributed by atoms with E-state index in [1.54, 1.807) is 7.11 Å². The van der Waals surface area contributed by atoms with Crippen molar-refractivity contribution in [1.29, 1.82) is 0 Å². The van der Waals surface area contributed by atoms with E-state index in [9.17, 15) is 4.79 Å². The summed E-state index contributed by atoms with van der Waals surface area (Å²) in [6.45, 7) is 6.15. The van der Waals surface area contributed by atoms with E-state index in [1.807, 2.05) is 31.2 Å². The molecule has 0 unspecified atom stereocenters. The van der Waals surface area contributed by atoms with Crippen LogP contribution >= 0.6 is 0 Å². The highest BCUT2D eigenvalue weighted by Crippen LogP contribution is 2.30. The van der Waals surface area contributed by atoms with Gasteiger partial charge >= 0.3 is 0 Å². The van der Waals surface area contributed by atoms with Crippen molar-refractivity contribution in [3.8, 4) is 5.75 Å². The van der Waals surface area contributed by atoms with Crippen molar-refractivity contribution < 1.29 is 13.9 Å². The number of furan rings is 1. The molecule has 1 amide bonds. The summed E-state index contributed by atoms with van der Waals surface area (Å²) in [7, 11) is 1.62. The Morgan fingerprint density at radius 3 is 2.76 bits per heavy atom. The second kappa shape index (κ2) is 6.66. The standard InChI is InChI=1S/C17H23NO3/c1-11(2)8-9-16(19)18-12(3)15-10-13-6-5-7-14(20-4)17(13)21-15/h5-7,10-12H,8-9H2,1-4H3,(H,18,19)/t12-/m0/s1. The van der Waals surface area contributed by atoms with E-state index in [2.05, 4.69) is 19.2 Å². The number of methoxy groups -OCH3 is 1. The number of ether oxygens (including phenoxy) is 1. The highest BCUT2D eigenvalue weighted by atomic mass is 16.5. The Morgan fingerprint density at radius 1 is 1.33 bits per heavy atom. The van der Waals surface area contributed by atoms with Gasteiger partial charge in [0.1, 0.15) is 5.76 Å². The SMILES string of the molecule is COc1cccc2cc([C@H](C)NC(=O)CCC(C)C)oc12. The molecule has 0 aliphatic heterocycles. The molecule has 0 saturated heterocycles. The number of nitrogens with one attached hydrogen (secondary N) is 1. The summed E-state index contributed by atoms with van der Waals surface area (Å²) in [5.41, 5.74) is 0.721. The maximum atomic E-state index is 11.9. The smallest absolute Gasteiger partial charge is 0.220 e. The second-order valence-electron chi connectivity index (χ2n) is 5.75. The molecule has 1 heterocycles. The third-order valence-electron chi connectivity index (χ3n) is 3.50. The predicted octanol–water partition coefficient (Wildman–Crippen LogP) is 4.05. The van der Waals surface area contributed by atoms with Crippen molar-refractivity contribution in [2.75, 3.05) is 7.11 Å². The van der Waals surface area contributed by atoms with Gasteiger partial charge in [-0.05, 0) is 31.4 Å². The summed E-state index contributed by atoms with van der Waals surface area (Å²) >= 11 is 0. The molecule has 2 aromatic rings. The van der Waals surface area contributed by atoms with Gasteiger partial charge in [0.25, 0.3) is 0 Å². The number of benzene rings is 1. The van der Waals surface area contributed by atoms with Crippen LogP contribution < -0.4 is 10.1 Å². The lowest BCUT2D eigenvalue weighted by atomic mass is 10.1. The van der Waals surface area contributed by atoms with Crippen LogP contribution in [-0.4, -0.2) is 13.0 Å². The summed E-state index contributed by atoms with van der Waals surface area (Å²) in [5, 5.41) is 3.96. The summed E-state index contributed by atoms with van der Waals surface area (Å²) in [6.07, 6.45) is 1.44. The molecule has 2 rings (SSSR count). The van der Waals surface area contributed by atoms with Gasteiger partial charge in [0.2, 0.25) is 5.91 Å². The first-order chi connectivity index (χ1) is 10.0. The van der Waals surface area contributed by atoms with Crippen molar-refractivity contribution in [3.05, 3.63) is 30.0 Å². The normalized spacial score (nSPS) is 12.6. The van der Waals surface area contributed by atoms with Crippen LogP contribution in [-0.2, 0) is 4.79 Å². The fourth-order valence-electron chi connectivity index (χ4n) is 2.23. The van der Waals surface area contributed by atoms with Crippen LogP contribution in [0.3, 0.4) is 0 Å². The van der Waals surface area contributed by atoms with Crippen molar-refractivity contribution in [3.63, 3.8) is 0 Å². The highest BCUT2D eigenvalue weighted by molar-refractivity contribution is 5.84. The molecule has 0 bridgehead atoms. The number of hydrogen-bond donors (Lipinski definition) is 1. The van der Waals surface area contributed by atoms with Gasteiger partial charge in [0.05, 0.1) is 13.2 Å². The highest BCUT2D eigenvalue weighted by Gasteiger charge is 2.16.